The summed E-state index contributed by atoms with van der Waals surface area (Å²) in [6.45, 7) is 7.50. The van der Waals surface area contributed by atoms with Gasteiger partial charge in [0.1, 0.15) is 0 Å². The molecule has 2 unspecified atom stereocenters. The van der Waals surface area contributed by atoms with Crippen LogP contribution in [0.15, 0.2) is 17.5 Å². The van der Waals surface area contributed by atoms with E-state index in [1.807, 2.05) is 17.5 Å². The van der Waals surface area contributed by atoms with Gasteiger partial charge in [0.2, 0.25) is 5.91 Å². The van der Waals surface area contributed by atoms with Crippen molar-refractivity contribution in [3.05, 3.63) is 22.4 Å². The van der Waals surface area contributed by atoms with Gasteiger partial charge < -0.3 is 4.90 Å². The topological polar surface area (TPSA) is 37.4 Å². The van der Waals surface area contributed by atoms with Crippen LogP contribution < -0.4 is 0 Å². The number of rotatable bonds is 5. The van der Waals surface area contributed by atoms with Gasteiger partial charge in [0, 0.05) is 25.4 Å². The molecule has 0 saturated carbocycles. The van der Waals surface area contributed by atoms with E-state index in [1.54, 1.807) is 0 Å². The summed E-state index contributed by atoms with van der Waals surface area (Å²) in [5.41, 5.74) is 0. The van der Waals surface area contributed by atoms with Gasteiger partial charge in [-0.3, -0.25) is 9.59 Å². The summed E-state index contributed by atoms with van der Waals surface area (Å²) in [4.78, 5) is 27.5. The molecule has 0 N–H and O–H groups in total. The second-order valence-electron chi connectivity index (χ2n) is 6.77. The largest absolute Gasteiger partial charge is 0.339 e. The molecule has 122 valence electrons. The standard InChI is InChI=1S/C18H27NO2S/c1-13(2)15-7-6-14(3)10-11-19(15)18(21)9-8-16(20)17-5-4-12-22-17/h4-5,12-15H,6-11H2,1-3H3. The van der Waals surface area contributed by atoms with Gasteiger partial charge in [-0.1, -0.05) is 26.8 Å². The number of Topliss-reactive ketones (excluding diaryl/α,β-unsaturated/α-hetero) is 1. The van der Waals surface area contributed by atoms with E-state index in [1.165, 1.54) is 17.8 Å². The highest BCUT2D eigenvalue weighted by Gasteiger charge is 2.29. The lowest BCUT2D eigenvalue weighted by Crippen LogP contribution is -2.43. The quantitative estimate of drug-likeness (QED) is 0.755. The van der Waals surface area contributed by atoms with E-state index in [2.05, 4.69) is 25.7 Å². The Bertz CT molecular complexity index is 495. The SMILES string of the molecule is CC1CCC(C(C)C)N(C(=O)CCC(=O)c2cccs2)CC1. The number of carbonyl (C=O) groups is 2. The van der Waals surface area contributed by atoms with Crippen LogP contribution in [0.1, 0.15) is 62.5 Å². The van der Waals surface area contributed by atoms with Gasteiger partial charge in [-0.15, -0.1) is 11.3 Å². The molecule has 1 amide bonds. The maximum Gasteiger partial charge on any atom is 0.223 e. The van der Waals surface area contributed by atoms with Gasteiger partial charge in [0.15, 0.2) is 5.78 Å². The third-order valence-electron chi connectivity index (χ3n) is 4.67. The lowest BCUT2D eigenvalue weighted by atomic mass is 9.95. The Hall–Kier alpha value is -1.16. The maximum absolute atomic E-state index is 12.6. The molecular formula is C18H27NO2S. The smallest absolute Gasteiger partial charge is 0.223 e. The van der Waals surface area contributed by atoms with Crippen LogP contribution in [0.25, 0.3) is 0 Å². The van der Waals surface area contributed by atoms with E-state index in [-0.39, 0.29) is 11.7 Å². The van der Waals surface area contributed by atoms with Crippen LogP contribution in [0, 0.1) is 11.8 Å². The highest BCUT2D eigenvalue weighted by atomic mass is 32.1. The highest BCUT2D eigenvalue weighted by molar-refractivity contribution is 7.12. The number of amides is 1. The molecule has 2 heterocycles. The molecule has 0 spiro atoms. The zero-order valence-electron chi connectivity index (χ0n) is 13.9. The van der Waals surface area contributed by atoms with Crippen molar-refractivity contribution in [1.82, 2.24) is 4.90 Å². The molecule has 0 radical (unpaired) electrons. The van der Waals surface area contributed by atoms with E-state index in [9.17, 15) is 9.59 Å². The van der Waals surface area contributed by atoms with Crippen LogP contribution in [0.3, 0.4) is 0 Å². The van der Waals surface area contributed by atoms with Gasteiger partial charge in [0.05, 0.1) is 4.88 Å². The zero-order valence-corrected chi connectivity index (χ0v) is 14.7. The fourth-order valence-electron chi connectivity index (χ4n) is 3.21. The van der Waals surface area contributed by atoms with Crippen molar-refractivity contribution in [1.29, 1.82) is 0 Å². The summed E-state index contributed by atoms with van der Waals surface area (Å²) < 4.78 is 0. The van der Waals surface area contributed by atoms with Crippen LogP contribution in [0.5, 0.6) is 0 Å². The molecule has 1 aliphatic rings. The summed E-state index contributed by atoms with van der Waals surface area (Å²) >= 11 is 1.45. The minimum atomic E-state index is 0.0904. The van der Waals surface area contributed by atoms with Crippen molar-refractivity contribution in [3.63, 3.8) is 0 Å². The predicted octanol–water partition coefficient (Wildman–Crippen LogP) is 4.38. The molecule has 0 aromatic carbocycles. The molecule has 1 aromatic heterocycles. The van der Waals surface area contributed by atoms with Gasteiger partial charge in [-0.25, -0.2) is 0 Å². The second kappa shape index (κ2) is 7.91. The predicted molar refractivity (Wildman–Crippen MR) is 91.2 cm³/mol. The van der Waals surface area contributed by atoms with Crippen molar-refractivity contribution < 1.29 is 9.59 Å². The second-order valence-corrected chi connectivity index (χ2v) is 7.72. The third-order valence-corrected chi connectivity index (χ3v) is 5.58. The van der Waals surface area contributed by atoms with E-state index < -0.39 is 0 Å². The van der Waals surface area contributed by atoms with E-state index >= 15 is 0 Å². The van der Waals surface area contributed by atoms with Crippen LogP contribution in [-0.4, -0.2) is 29.2 Å². The zero-order chi connectivity index (χ0) is 16.1. The highest BCUT2D eigenvalue weighted by Crippen LogP contribution is 2.26. The van der Waals surface area contributed by atoms with E-state index in [0.717, 1.165) is 24.3 Å². The number of ketones is 1. The molecule has 3 nitrogen and oxygen atoms in total. The van der Waals surface area contributed by atoms with Crippen molar-refractivity contribution in [2.75, 3.05) is 6.54 Å². The molecule has 0 aliphatic carbocycles. The van der Waals surface area contributed by atoms with Crippen LogP contribution in [0.4, 0.5) is 0 Å². The summed E-state index contributed by atoms with van der Waals surface area (Å²) in [5, 5.41) is 1.90. The molecule has 0 bridgehead atoms. The Kier molecular flexibility index (Phi) is 6.18. The number of thiophene rings is 1. The minimum Gasteiger partial charge on any atom is -0.339 e. The summed E-state index contributed by atoms with van der Waals surface area (Å²) in [6.07, 6.45) is 4.03. The summed E-state index contributed by atoms with van der Waals surface area (Å²) in [7, 11) is 0. The minimum absolute atomic E-state index is 0.0904. The monoisotopic (exact) mass is 321 g/mol. The van der Waals surface area contributed by atoms with Crippen molar-refractivity contribution in [3.8, 4) is 0 Å². The first kappa shape index (κ1) is 17.2. The Labute approximate surface area is 137 Å². The molecular weight excluding hydrogens is 294 g/mol. The number of likely N-dealkylation sites (tertiary alicyclic amines) is 1. The Morgan fingerprint density at radius 2 is 2.05 bits per heavy atom. The average molecular weight is 321 g/mol. The molecule has 1 saturated heterocycles. The van der Waals surface area contributed by atoms with Crippen LogP contribution in [0.2, 0.25) is 0 Å². The number of carbonyl (C=O) groups excluding carboxylic acids is 2. The summed E-state index contributed by atoms with van der Waals surface area (Å²) in [5.74, 6) is 1.40. The molecule has 1 aliphatic heterocycles. The number of hydrogen-bond acceptors (Lipinski definition) is 3. The normalized spacial score (nSPS) is 22.6. The van der Waals surface area contributed by atoms with Gasteiger partial charge in [-0.2, -0.15) is 0 Å². The Morgan fingerprint density at radius 1 is 1.27 bits per heavy atom. The molecule has 4 heteroatoms. The Morgan fingerprint density at radius 3 is 2.68 bits per heavy atom. The van der Waals surface area contributed by atoms with Gasteiger partial charge in [-0.05, 0) is 42.5 Å². The van der Waals surface area contributed by atoms with E-state index in [4.69, 9.17) is 0 Å². The first-order valence-electron chi connectivity index (χ1n) is 8.35. The van der Waals surface area contributed by atoms with Crippen molar-refractivity contribution >= 4 is 23.0 Å². The molecule has 2 atom stereocenters. The van der Waals surface area contributed by atoms with Crippen molar-refractivity contribution in [2.24, 2.45) is 11.8 Å². The summed E-state index contributed by atoms with van der Waals surface area (Å²) in [6, 6.07) is 4.04. The van der Waals surface area contributed by atoms with Gasteiger partial charge >= 0.3 is 0 Å². The number of hydrogen-bond donors (Lipinski definition) is 0. The van der Waals surface area contributed by atoms with E-state index in [0.29, 0.717) is 30.7 Å². The van der Waals surface area contributed by atoms with Gasteiger partial charge in [0.25, 0.3) is 0 Å². The van der Waals surface area contributed by atoms with Crippen molar-refractivity contribution in [2.45, 2.75) is 58.9 Å². The molecule has 1 aromatic rings. The van der Waals surface area contributed by atoms with Crippen LogP contribution in [-0.2, 0) is 4.79 Å². The number of nitrogens with zero attached hydrogens (tertiary/aromatic N) is 1. The fraction of sp³-hybridized carbons (Fsp3) is 0.667. The Balaban J connectivity index is 1.95. The fourth-order valence-corrected chi connectivity index (χ4v) is 3.90. The third kappa shape index (κ3) is 4.42. The first-order valence-corrected chi connectivity index (χ1v) is 9.23. The average Bonchev–Trinajstić information content (AvgIpc) is 2.94. The first-order chi connectivity index (χ1) is 10.5. The molecule has 1 fully saturated rings. The van der Waals surface area contributed by atoms with Crippen LogP contribution >= 0.6 is 11.3 Å². The lowest BCUT2D eigenvalue weighted by Gasteiger charge is -2.33. The molecule has 22 heavy (non-hydrogen) atoms. The maximum atomic E-state index is 12.6. The lowest BCUT2D eigenvalue weighted by molar-refractivity contribution is -0.134. The molecule has 2 rings (SSSR count).